The molecule has 0 aliphatic rings. The Morgan fingerprint density at radius 1 is 0.141 bits per heavy atom. The summed E-state index contributed by atoms with van der Waals surface area (Å²) in [7, 11) is 0. The maximum Gasteiger partial charge on any atom is 0.0540 e. The van der Waals surface area contributed by atoms with E-state index >= 15 is 0 Å². The second kappa shape index (κ2) is 18.7. The zero-order valence-corrected chi connectivity index (χ0v) is 49.9. The van der Waals surface area contributed by atoms with Crippen LogP contribution in [-0.4, -0.2) is 0 Å². The number of fused-ring (bicyclic) bond motifs is 12. The number of benzene rings is 19. The summed E-state index contributed by atoms with van der Waals surface area (Å²) in [5.74, 6) is 0. The van der Waals surface area contributed by atoms with Crippen molar-refractivity contribution in [1.29, 1.82) is 0 Å². The number of rotatable bonds is 8. The highest BCUT2D eigenvalue weighted by molar-refractivity contribution is 6.51. The van der Waals surface area contributed by atoms with Crippen molar-refractivity contribution in [2.45, 2.75) is 0 Å². The SMILES string of the molecule is c1ccc(N(c2ccc(-c3c4c5ccc6c7cccc8cccc(c9ccc(c4c(-c4ccc(N(c%10ccccc%10)c%10cccc%11ccccc%10%11)cc4)c4c%10ccc%11c%12cccc%13cccc(c%14ccc(c34)c%10c%14%11)c%13%12)c5c69)c87)cc2)c2cccc3ccccc23)cc1. The van der Waals surface area contributed by atoms with E-state index in [4.69, 9.17) is 0 Å². The Labute approximate surface area is 529 Å². The molecule has 2 nitrogen and oxygen atoms in total. The molecule has 0 N–H and O–H groups in total. The highest BCUT2D eigenvalue weighted by Gasteiger charge is 2.31. The van der Waals surface area contributed by atoms with Crippen LogP contribution in [0.1, 0.15) is 0 Å². The molecule has 0 aromatic heterocycles. The molecule has 0 saturated heterocycles. The molecule has 0 aliphatic carbocycles. The lowest BCUT2D eigenvalue weighted by Gasteiger charge is -2.27. The summed E-state index contributed by atoms with van der Waals surface area (Å²) < 4.78 is 0. The second-order valence-electron chi connectivity index (χ2n) is 25.2. The maximum absolute atomic E-state index is 2.48. The van der Waals surface area contributed by atoms with Crippen molar-refractivity contribution >= 4 is 185 Å². The molecule has 2 heteroatoms. The summed E-state index contributed by atoms with van der Waals surface area (Å²) in [6.07, 6.45) is 0. The first-order valence-electron chi connectivity index (χ1n) is 32.1. The van der Waals surface area contributed by atoms with Gasteiger partial charge in [-0.2, -0.15) is 0 Å². The van der Waals surface area contributed by atoms with Gasteiger partial charge >= 0.3 is 0 Å². The fourth-order valence-corrected chi connectivity index (χ4v) is 17.1. The summed E-state index contributed by atoms with van der Waals surface area (Å²) >= 11 is 0. The molecule has 0 heterocycles. The van der Waals surface area contributed by atoms with Gasteiger partial charge in [0.25, 0.3) is 0 Å². The maximum atomic E-state index is 2.48. The number of nitrogens with zero attached hydrogens (tertiary/aromatic N) is 2. The lowest BCUT2D eigenvalue weighted by molar-refractivity contribution is 1.30. The molecule has 0 unspecified atom stereocenters. The van der Waals surface area contributed by atoms with Crippen molar-refractivity contribution in [2.75, 3.05) is 9.80 Å². The van der Waals surface area contributed by atoms with Gasteiger partial charge in [0.05, 0.1) is 11.4 Å². The molecule has 21 aromatic rings. The van der Waals surface area contributed by atoms with Crippen LogP contribution in [0.4, 0.5) is 34.1 Å². The van der Waals surface area contributed by atoms with E-state index in [2.05, 4.69) is 325 Å². The smallest absolute Gasteiger partial charge is 0.0540 e. The molecule has 0 aliphatic heterocycles. The summed E-state index contributed by atoms with van der Waals surface area (Å²) in [5.41, 5.74) is 11.6. The van der Waals surface area contributed by atoms with Crippen LogP contribution in [0.2, 0.25) is 0 Å². The summed E-state index contributed by atoms with van der Waals surface area (Å²) in [4.78, 5) is 4.86. The number of para-hydroxylation sites is 2. The predicted octanol–water partition coefficient (Wildman–Crippen LogP) is 25.9. The fourth-order valence-electron chi connectivity index (χ4n) is 17.1. The standard InChI is InChI=1S/C90H52N2/c1-3-25-59(26-4-1)91(77-35-15-19-53-17-7-9-29-63(53)77)61-41-37-57(38-42-61)81-87-73-49-45-69-65-31-11-21-55-23-13-33-67(79(55)65)71-47-51-75(85(73)83(69)71)89(87)82(58-39-43-62(44-40-58)92(60-27-5-2-6-28-60)78-36-16-20-54-18-8-10-30-64(54)78)90-76-52-48-72-68-34-14-24-56-22-12-32-66(80(56)68)70-46-50-74(88(81)90)86(76)84(70)72/h1-52H. The van der Waals surface area contributed by atoms with E-state index in [1.54, 1.807) is 0 Å². The van der Waals surface area contributed by atoms with Crippen molar-refractivity contribution < 1.29 is 0 Å². The Morgan fingerprint density at radius 2 is 0.391 bits per heavy atom. The van der Waals surface area contributed by atoms with Crippen molar-refractivity contribution in [3.63, 3.8) is 0 Å². The molecule has 0 radical (unpaired) electrons. The van der Waals surface area contributed by atoms with Crippen LogP contribution in [0.3, 0.4) is 0 Å². The molecular weight excluding hydrogens is 1110 g/mol. The third-order valence-corrected chi connectivity index (χ3v) is 20.7. The minimum Gasteiger partial charge on any atom is -0.310 e. The minimum absolute atomic E-state index is 1.10. The minimum atomic E-state index is 1.10. The van der Waals surface area contributed by atoms with E-state index in [-0.39, 0.29) is 0 Å². The Hall–Kier alpha value is -12.1. The third-order valence-electron chi connectivity index (χ3n) is 20.7. The zero-order valence-electron chi connectivity index (χ0n) is 49.9. The second-order valence-corrected chi connectivity index (χ2v) is 25.2. The monoisotopic (exact) mass is 1160 g/mol. The first-order chi connectivity index (χ1) is 45.7. The van der Waals surface area contributed by atoms with E-state index < -0.39 is 0 Å². The Bertz CT molecular complexity index is 5960. The molecule has 0 spiro atoms. The van der Waals surface area contributed by atoms with Gasteiger partial charge in [0.1, 0.15) is 0 Å². The van der Waals surface area contributed by atoms with Gasteiger partial charge in [0.2, 0.25) is 0 Å². The van der Waals surface area contributed by atoms with Crippen molar-refractivity contribution in [3.8, 4) is 22.3 Å². The largest absolute Gasteiger partial charge is 0.310 e. The lowest BCUT2D eigenvalue weighted by atomic mass is 9.87. The van der Waals surface area contributed by atoms with E-state index in [0.29, 0.717) is 0 Å². The Balaban J connectivity index is 0.917. The molecule has 0 atom stereocenters. The number of hydrogen-bond acceptors (Lipinski definition) is 2. The quantitative estimate of drug-likeness (QED) is 0.111. The van der Waals surface area contributed by atoms with Gasteiger partial charge in [0, 0.05) is 33.5 Å². The van der Waals surface area contributed by atoms with Crippen LogP contribution in [0, 0.1) is 0 Å². The molecule has 0 saturated carbocycles. The van der Waals surface area contributed by atoms with E-state index in [0.717, 1.165) is 34.1 Å². The molecule has 422 valence electrons. The fraction of sp³-hybridized carbons (Fsp3) is 0. The van der Waals surface area contributed by atoms with E-state index in [9.17, 15) is 0 Å². The Morgan fingerprint density at radius 3 is 0.750 bits per heavy atom. The van der Waals surface area contributed by atoms with Gasteiger partial charge in [-0.3, -0.25) is 0 Å². The zero-order chi connectivity index (χ0) is 59.9. The van der Waals surface area contributed by atoms with Gasteiger partial charge in [-0.25, -0.2) is 0 Å². The van der Waals surface area contributed by atoms with Crippen LogP contribution < -0.4 is 9.80 Å². The van der Waals surface area contributed by atoms with E-state index in [1.807, 2.05) is 0 Å². The summed E-state index contributed by atoms with van der Waals surface area (Å²) in [5, 5.41) is 36.0. The normalized spacial score (nSPS) is 12.3. The highest BCUT2D eigenvalue weighted by atomic mass is 15.1. The topological polar surface area (TPSA) is 6.48 Å². The first-order valence-corrected chi connectivity index (χ1v) is 32.1. The molecule has 0 amide bonds. The predicted molar refractivity (Wildman–Crippen MR) is 397 cm³/mol. The average molecular weight is 1160 g/mol. The first kappa shape index (κ1) is 49.8. The Kier molecular flexibility index (Phi) is 10.1. The van der Waals surface area contributed by atoms with Gasteiger partial charge in [-0.05, 0) is 223 Å². The van der Waals surface area contributed by atoms with Crippen molar-refractivity contribution in [2.24, 2.45) is 0 Å². The van der Waals surface area contributed by atoms with Crippen molar-refractivity contribution in [1.82, 2.24) is 0 Å². The molecule has 21 aromatic carbocycles. The number of anilines is 6. The van der Waals surface area contributed by atoms with Gasteiger partial charge in [0.15, 0.2) is 0 Å². The highest BCUT2D eigenvalue weighted by Crippen LogP contribution is 2.59. The van der Waals surface area contributed by atoms with Gasteiger partial charge < -0.3 is 9.80 Å². The third kappa shape index (κ3) is 6.72. The van der Waals surface area contributed by atoms with Crippen LogP contribution in [0.15, 0.2) is 315 Å². The molecule has 0 fully saturated rings. The van der Waals surface area contributed by atoms with E-state index in [1.165, 1.54) is 173 Å². The summed E-state index contributed by atoms with van der Waals surface area (Å²) in [6, 6.07) is 119. The van der Waals surface area contributed by atoms with Crippen LogP contribution in [0.25, 0.3) is 173 Å². The van der Waals surface area contributed by atoms with Crippen LogP contribution in [0.5, 0.6) is 0 Å². The lowest BCUT2D eigenvalue weighted by Crippen LogP contribution is -2.10. The van der Waals surface area contributed by atoms with Gasteiger partial charge in [-0.1, -0.05) is 255 Å². The van der Waals surface area contributed by atoms with Crippen LogP contribution >= 0.6 is 0 Å². The number of hydrogen-bond donors (Lipinski definition) is 0. The summed E-state index contributed by atoms with van der Waals surface area (Å²) in [6.45, 7) is 0. The molecule has 21 rings (SSSR count). The van der Waals surface area contributed by atoms with Gasteiger partial charge in [-0.15, -0.1) is 0 Å². The van der Waals surface area contributed by atoms with Crippen LogP contribution in [-0.2, 0) is 0 Å². The van der Waals surface area contributed by atoms with Crippen molar-refractivity contribution in [3.05, 3.63) is 315 Å². The molecule has 0 bridgehead atoms. The molecular formula is C90H52N2. The average Bonchev–Trinajstić information content (AvgIpc) is 1.49. The molecule has 92 heavy (non-hydrogen) atoms.